The zero-order valence-corrected chi connectivity index (χ0v) is 10.5. The molecule has 0 spiro atoms. The molecule has 1 atom stereocenters. The number of urea groups is 1. The van der Waals surface area contributed by atoms with Gasteiger partial charge in [-0.1, -0.05) is 13.3 Å². The molecule has 6 heteroatoms. The number of carbonyl (C=O) groups excluding carboxylic acids is 1. The zero-order valence-electron chi connectivity index (χ0n) is 10.5. The summed E-state index contributed by atoms with van der Waals surface area (Å²) in [5.74, 6) is -1.05. The van der Waals surface area contributed by atoms with Crippen LogP contribution in [0.4, 0.5) is 4.79 Å². The first kappa shape index (κ1) is 15.7. The first-order chi connectivity index (χ1) is 8.07. The number of carboxylic acids is 1. The van der Waals surface area contributed by atoms with Gasteiger partial charge in [0.1, 0.15) is 6.04 Å². The number of aliphatic carboxylic acids is 1. The highest BCUT2D eigenvalue weighted by atomic mass is 16.5. The van der Waals surface area contributed by atoms with Crippen LogP contribution in [0.15, 0.2) is 0 Å². The lowest BCUT2D eigenvalue weighted by atomic mass is 10.3. The van der Waals surface area contributed by atoms with Gasteiger partial charge in [0, 0.05) is 19.8 Å². The summed E-state index contributed by atoms with van der Waals surface area (Å²) in [7, 11) is 0. The van der Waals surface area contributed by atoms with Crippen LogP contribution in [-0.4, -0.2) is 42.9 Å². The van der Waals surface area contributed by atoms with E-state index >= 15 is 0 Å². The van der Waals surface area contributed by atoms with Crippen LogP contribution >= 0.6 is 0 Å². The van der Waals surface area contributed by atoms with E-state index in [4.69, 9.17) is 9.84 Å². The summed E-state index contributed by atoms with van der Waals surface area (Å²) in [4.78, 5) is 21.6. The third-order valence-corrected chi connectivity index (χ3v) is 2.11. The fraction of sp³-hybridized carbons (Fsp3) is 0.818. The number of nitrogens with one attached hydrogen (secondary N) is 2. The molecule has 100 valence electrons. The predicted molar refractivity (Wildman–Crippen MR) is 64.0 cm³/mol. The van der Waals surface area contributed by atoms with Crippen molar-refractivity contribution in [1.29, 1.82) is 0 Å². The molecule has 2 amide bonds. The molecule has 0 saturated heterocycles. The van der Waals surface area contributed by atoms with Crippen molar-refractivity contribution < 1.29 is 19.4 Å². The van der Waals surface area contributed by atoms with Crippen molar-refractivity contribution in [3.05, 3.63) is 0 Å². The smallest absolute Gasteiger partial charge is 0.325 e. The molecular weight excluding hydrogens is 224 g/mol. The van der Waals surface area contributed by atoms with E-state index in [1.54, 1.807) is 0 Å². The molecule has 3 N–H and O–H groups in total. The summed E-state index contributed by atoms with van der Waals surface area (Å²) < 4.78 is 5.31. The van der Waals surface area contributed by atoms with E-state index in [-0.39, 0.29) is 0 Å². The van der Waals surface area contributed by atoms with Gasteiger partial charge in [-0.2, -0.15) is 0 Å². The summed E-state index contributed by atoms with van der Waals surface area (Å²) in [6.45, 7) is 5.34. The summed E-state index contributed by atoms with van der Waals surface area (Å²) in [5.41, 5.74) is 0. The molecule has 0 aromatic rings. The zero-order chi connectivity index (χ0) is 13.1. The van der Waals surface area contributed by atoms with E-state index in [2.05, 4.69) is 17.6 Å². The Morgan fingerprint density at radius 1 is 1.29 bits per heavy atom. The SMILES string of the molecule is CCCCOCCCNC(=O)N[C@H](C)C(=O)O. The second-order valence-electron chi connectivity index (χ2n) is 3.78. The van der Waals surface area contributed by atoms with Crippen molar-refractivity contribution in [2.45, 2.75) is 39.2 Å². The maximum Gasteiger partial charge on any atom is 0.325 e. The van der Waals surface area contributed by atoms with Crippen molar-refractivity contribution in [3.8, 4) is 0 Å². The first-order valence-corrected chi connectivity index (χ1v) is 5.92. The van der Waals surface area contributed by atoms with Crippen LogP contribution in [0.2, 0.25) is 0 Å². The number of rotatable bonds is 9. The molecule has 0 aliphatic rings. The van der Waals surface area contributed by atoms with Gasteiger partial charge in [0.2, 0.25) is 0 Å². The highest BCUT2D eigenvalue weighted by Gasteiger charge is 2.12. The van der Waals surface area contributed by atoms with E-state index in [1.165, 1.54) is 6.92 Å². The summed E-state index contributed by atoms with van der Waals surface area (Å²) in [6.07, 6.45) is 2.87. The van der Waals surface area contributed by atoms with Gasteiger partial charge in [-0.05, 0) is 19.8 Å². The van der Waals surface area contributed by atoms with Crippen LogP contribution in [0.25, 0.3) is 0 Å². The largest absolute Gasteiger partial charge is 0.480 e. The van der Waals surface area contributed by atoms with Crippen LogP contribution < -0.4 is 10.6 Å². The lowest BCUT2D eigenvalue weighted by molar-refractivity contribution is -0.138. The van der Waals surface area contributed by atoms with E-state index in [9.17, 15) is 9.59 Å². The monoisotopic (exact) mass is 246 g/mol. The Morgan fingerprint density at radius 2 is 1.94 bits per heavy atom. The fourth-order valence-electron chi connectivity index (χ4n) is 1.03. The Kier molecular flexibility index (Phi) is 9.14. The van der Waals surface area contributed by atoms with Gasteiger partial charge in [-0.15, -0.1) is 0 Å². The minimum Gasteiger partial charge on any atom is -0.480 e. The second kappa shape index (κ2) is 9.89. The lowest BCUT2D eigenvalue weighted by Gasteiger charge is -2.10. The molecule has 0 saturated carbocycles. The molecule has 17 heavy (non-hydrogen) atoms. The second-order valence-corrected chi connectivity index (χ2v) is 3.78. The van der Waals surface area contributed by atoms with Crippen LogP contribution in [0.1, 0.15) is 33.1 Å². The average molecular weight is 246 g/mol. The molecule has 0 aliphatic carbocycles. The normalized spacial score (nSPS) is 11.9. The van der Waals surface area contributed by atoms with E-state index in [0.29, 0.717) is 13.2 Å². The van der Waals surface area contributed by atoms with E-state index in [1.807, 2.05) is 0 Å². The number of ether oxygens (including phenoxy) is 1. The molecule has 0 heterocycles. The highest BCUT2D eigenvalue weighted by molar-refractivity contribution is 5.82. The maximum absolute atomic E-state index is 11.2. The number of carbonyl (C=O) groups is 2. The Hall–Kier alpha value is -1.30. The molecule has 0 fully saturated rings. The van der Waals surface area contributed by atoms with Crippen molar-refractivity contribution in [2.75, 3.05) is 19.8 Å². The van der Waals surface area contributed by atoms with Crippen LogP contribution in [-0.2, 0) is 9.53 Å². The third kappa shape index (κ3) is 9.62. The molecule has 0 aliphatic heterocycles. The standard InChI is InChI=1S/C11H22N2O4/c1-3-4-7-17-8-5-6-12-11(16)13-9(2)10(14)15/h9H,3-8H2,1-2H3,(H,14,15)(H2,12,13,16)/t9-/m1/s1. The number of unbranched alkanes of at least 4 members (excludes halogenated alkanes) is 1. The van der Waals surface area contributed by atoms with Gasteiger partial charge in [0.25, 0.3) is 0 Å². The number of carboxylic acid groups (broad SMARTS) is 1. The fourth-order valence-corrected chi connectivity index (χ4v) is 1.03. The van der Waals surface area contributed by atoms with Crippen LogP contribution in [0.3, 0.4) is 0 Å². The van der Waals surface area contributed by atoms with Gasteiger partial charge in [0.05, 0.1) is 0 Å². The summed E-state index contributed by atoms with van der Waals surface area (Å²) in [5, 5.41) is 13.4. The number of hydrogen-bond acceptors (Lipinski definition) is 3. The molecule has 6 nitrogen and oxygen atoms in total. The predicted octanol–water partition coefficient (Wildman–Crippen LogP) is 0.965. The van der Waals surface area contributed by atoms with Gasteiger partial charge in [-0.25, -0.2) is 4.79 Å². The molecule has 0 aromatic heterocycles. The van der Waals surface area contributed by atoms with Crippen molar-refractivity contribution in [3.63, 3.8) is 0 Å². The van der Waals surface area contributed by atoms with Gasteiger partial charge < -0.3 is 20.5 Å². The highest BCUT2D eigenvalue weighted by Crippen LogP contribution is 1.89. The quantitative estimate of drug-likeness (QED) is 0.529. The molecular formula is C11H22N2O4. The van der Waals surface area contributed by atoms with Gasteiger partial charge in [-0.3, -0.25) is 4.79 Å². The average Bonchev–Trinajstić information content (AvgIpc) is 2.27. The molecule has 0 aromatic carbocycles. The molecule has 0 unspecified atom stereocenters. The minimum atomic E-state index is -1.05. The van der Waals surface area contributed by atoms with Crippen LogP contribution in [0, 0.1) is 0 Å². The first-order valence-electron chi connectivity index (χ1n) is 5.92. The topological polar surface area (TPSA) is 87.7 Å². The van der Waals surface area contributed by atoms with Crippen LogP contribution in [0.5, 0.6) is 0 Å². The minimum absolute atomic E-state index is 0.464. The van der Waals surface area contributed by atoms with E-state index < -0.39 is 18.0 Å². The van der Waals surface area contributed by atoms with E-state index in [0.717, 1.165) is 25.9 Å². The molecule has 0 bridgehead atoms. The Bertz CT molecular complexity index is 234. The van der Waals surface area contributed by atoms with Gasteiger partial charge >= 0.3 is 12.0 Å². The Morgan fingerprint density at radius 3 is 2.53 bits per heavy atom. The van der Waals surface area contributed by atoms with Crippen molar-refractivity contribution in [1.82, 2.24) is 10.6 Å². The number of amides is 2. The van der Waals surface area contributed by atoms with Gasteiger partial charge in [0.15, 0.2) is 0 Å². The Balaban J connectivity index is 3.36. The molecule has 0 radical (unpaired) electrons. The third-order valence-electron chi connectivity index (χ3n) is 2.11. The molecule has 0 rings (SSSR count). The number of hydrogen-bond donors (Lipinski definition) is 3. The maximum atomic E-state index is 11.2. The van der Waals surface area contributed by atoms with Crippen molar-refractivity contribution >= 4 is 12.0 Å². The Labute approximate surface area is 102 Å². The van der Waals surface area contributed by atoms with Crippen molar-refractivity contribution in [2.24, 2.45) is 0 Å². The summed E-state index contributed by atoms with van der Waals surface area (Å²) in [6, 6.07) is -1.34. The lowest BCUT2D eigenvalue weighted by Crippen LogP contribution is -2.44. The summed E-state index contributed by atoms with van der Waals surface area (Å²) >= 11 is 0.